The number of nitrogens with two attached hydrogens (primary N) is 1. The van der Waals surface area contributed by atoms with Crippen molar-refractivity contribution < 1.29 is 4.74 Å². The number of hydrogen-bond donors (Lipinski definition) is 1. The van der Waals surface area contributed by atoms with Gasteiger partial charge >= 0.3 is 0 Å². The molecule has 1 rings (SSSR count). The lowest BCUT2D eigenvalue weighted by Crippen LogP contribution is -2.34. The number of ether oxygens (including phenoxy) is 1. The third-order valence-electron chi connectivity index (χ3n) is 3.26. The maximum absolute atomic E-state index is 6.23. The topological polar surface area (TPSA) is 38.5 Å². The summed E-state index contributed by atoms with van der Waals surface area (Å²) in [5, 5.41) is 0. The molecule has 0 bridgehead atoms. The van der Waals surface area contributed by atoms with Gasteiger partial charge in [0.15, 0.2) is 0 Å². The van der Waals surface area contributed by atoms with Crippen molar-refractivity contribution in [1.29, 1.82) is 0 Å². The van der Waals surface area contributed by atoms with E-state index < -0.39 is 0 Å². The van der Waals surface area contributed by atoms with Crippen molar-refractivity contribution in [2.45, 2.75) is 25.4 Å². The Morgan fingerprint density at radius 2 is 2.06 bits per heavy atom. The maximum Gasteiger partial charge on any atom is 0.0615 e. The van der Waals surface area contributed by atoms with E-state index >= 15 is 0 Å². The second-order valence-electron chi connectivity index (χ2n) is 4.70. The minimum absolute atomic E-state index is 0.0674. The minimum atomic E-state index is 0.0674. The van der Waals surface area contributed by atoms with Crippen LogP contribution in [-0.4, -0.2) is 38.3 Å². The highest BCUT2D eigenvalue weighted by Crippen LogP contribution is 2.23. The molecule has 1 aromatic rings. The molecule has 0 aliphatic heterocycles. The van der Waals surface area contributed by atoms with Crippen LogP contribution in [0.2, 0.25) is 0 Å². The summed E-state index contributed by atoms with van der Waals surface area (Å²) in [5.74, 6) is 0. The average Bonchev–Trinajstić information content (AvgIpc) is 2.36. The Kier molecular flexibility index (Phi) is 6.86. The standard InChI is InChI=1S/C14H23BrN2O/c1-11(10-18-3)17(2)9-8-14(16)12-6-4-5-7-13(12)15/h4-7,11,14H,8-10,16H2,1-3H3. The number of likely N-dealkylation sites (N-methyl/N-ethyl adjacent to an activating group) is 1. The van der Waals surface area contributed by atoms with Crippen molar-refractivity contribution in [1.82, 2.24) is 4.90 Å². The number of nitrogens with zero attached hydrogens (tertiary/aromatic N) is 1. The van der Waals surface area contributed by atoms with Crippen LogP contribution in [0.25, 0.3) is 0 Å². The first kappa shape index (κ1) is 15.6. The molecule has 2 N–H and O–H groups in total. The van der Waals surface area contributed by atoms with Gasteiger partial charge < -0.3 is 15.4 Å². The molecule has 0 aromatic heterocycles. The zero-order valence-electron chi connectivity index (χ0n) is 11.4. The molecular weight excluding hydrogens is 292 g/mol. The Balaban J connectivity index is 2.46. The lowest BCUT2D eigenvalue weighted by Gasteiger charge is -2.25. The van der Waals surface area contributed by atoms with E-state index in [4.69, 9.17) is 10.5 Å². The average molecular weight is 315 g/mol. The van der Waals surface area contributed by atoms with E-state index in [1.54, 1.807) is 7.11 Å². The fraction of sp³-hybridized carbons (Fsp3) is 0.571. The zero-order chi connectivity index (χ0) is 13.5. The largest absolute Gasteiger partial charge is 0.383 e. The molecule has 2 atom stereocenters. The molecule has 0 heterocycles. The molecule has 2 unspecified atom stereocenters. The van der Waals surface area contributed by atoms with Crippen molar-refractivity contribution in [3.05, 3.63) is 34.3 Å². The second kappa shape index (κ2) is 7.89. The first-order chi connectivity index (χ1) is 8.56. The monoisotopic (exact) mass is 314 g/mol. The van der Waals surface area contributed by atoms with Gasteiger partial charge in [0.05, 0.1) is 6.61 Å². The van der Waals surface area contributed by atoms with Gasteiger partial charge in [0.25, 0.3) is 0 Å². The summed E-state index contributed by atoms with van der Waals surface area (Å²) >= 11 is 3.54. The first-order valence-corrected chi connectivity index (χ1v) is 7.04. The molecule has 0 saturated carbocycles. The summed E-state index contributed by atoms with van der Waals surface area (Å²) in [4.78, 5) is 2.28. The Morgan fingerprint density at radius 1 is 1.39 bits per heavy atom. The van der Waals surface area contributed by atoms with Crippen LogP contribution in [0.5, 0.6) is 0 Å². The minimum Gasteiger partial charge on any atom is -0.383 e. The van der Waals surface area contributed by atoms with Crippen LogP contribution in [0.1, 0.15) is 24.9 Å². The first-order valence-electron chi connectivity index (χ1n) is 6.25. The van der Waals surface area contributed by atoms with E-state index in [1.807, 2.05) is 18.2 Å². The molecule has 0 fully saturated rings. The van der Waals surface area contributed by atoms with E-state index in [9.17, 15) is 0 Å². The molecule has 0 aliphatic rings. The van der Waals surface area contributed by atoms with E-state index in [2.05, 4.69) is 40.9 Å². The molecule has 0 saturated heterocycles. The molecule has 18 heavy (non-hydrogen) atoms. The summed E-state index contributed by atoms with van der Waals surface area (Å²) in [6.45, 7) is 3.88. The van der Waals surface area contributed by atoms with Crippen LogP contribution in [-0.2, 0) is 4.74 Å². The van der Waals surface area contributed by atoms with Crippen molar-refractivity contribution in [2.24, 2.45) is 5.73 Å². The zero-order valence-corrected chi connectivity index (χ0v) is 13.0. The predicted octanol–water partition coefficient (Wildman–Crippen LogP) is 2.81. The molecule has 0 aliphatic carbocycles. The Labute approximate surface area is 118 Å². The highest BCUT2D eigenvalue weighted by Gasteiger charge is 2.13. The van der Waals surface area contributed by atoms with E-state index in [1.165, 1.54) is 5.56 Å². The molecule has 102 valence electrons. The summed E-state index contributed by atoms with van der Waals surface area (Å²) in [6.07, 6.45) is 0.938. The van der Waals surface area contributed by atoms with Gasteiger partial charge in [-0.2, -0.15) is 0 Å². The maximum atomic E-state index is 6.23. The highest BCUT2D eigenvalue weighted by molar-refractivity contribution is 9.10. The van der Waals surface area contributed by atoms with Crippen molar-refractivity contribution >= 4 is 15.9 Å². The van der Waals surface area contributed by atoms with Gasteiger partial charge in [-0.25, -0.2) is 0 Å². The third kappa shape index (κ3) is 4.69. The fourth-order valence-electron chi connectivity index (χ4n) is 1.86. The molecule has 4 heteroatoms. The molecule has 1 aromatic carbocycles. The number of benzene rings is 1. The highest BCUT2D eigenvalue weighted by atomic mass is 79.9. The second-order valence-corrected chi connectivity index (χ2v) is 5.56. The lowest BCUT2D eigenvalue weighted by molar-refractivity contribution is 0.114. The summed E-state index contributed by atoms with van der Waals surface area (Å²) in [6, 6.07) is 8.63. The smallest absolute Gasteiger partial charge is 0.0615 e. The lowest BCUT2D eigenvalue weighted by atomic mass is 10.0. The van der Waals surface area contributed by atoms with Crippen LogP contribution >= 0.6 is 15.9 Å². The summed E-state index contributed by atoms with van der Waals surface area (Å²) < 4.78 is 6.24. The Bertz CT molecular complexity index is 359. The van der Waals surface area contributed by atoms with Gasteiger partial charge in [-0.15, -0.1) is 0 Å². The molecule has 0 spiro atoms. The normalized spacial score (nSPS) is 14.8. The van der Waals surface area contributed by atoms with Crippen LogP contribution in [0.4, 0.5) is 0 Å². The molecular formula is C14H23BrN2O. The third-order valence-corrected chi connectivity index (χ3v) is 3.98. The number of methoxy groups -OCH3 is 1. The Hall–Kier alpha value is -0.420. The van der Waals surface area contributed by atoms with Gasteiger partial charge in [-0.05, 0) is 32.0 Å². The van der Waals surface area contributed by atoms with Gasteiger partial charge in [-0.1, -0.05) is 34.1 Å². The fourth-order valence-corrected chi connectivity index (χ4v) is 2.44. The van der Waals surface area contributed by atoms with E-state index in [-0.39, 0.29) is 6.04 Å². The van der Waals surface area contributed by atoms with E-state index in [0.29, 0.717) is 6.04 Å². The predicted molar refractivity (Wildman–Crippen MR) is 79.7 cm³/mol. The van der Waals surface area contributed by atoms with Crippen LogP contribution in [0.3, 0.4) is 0 Å². The molecule has 0 radical (unpaired) electrons. The molecule has 0 amide bonds. The van der Waals surface area contributed by atoms with Gasteiger partial charge in [0, 0.05) is 30.2 Å². The molecule has 3 nitrogen and oxygen atoms in total. The Morgan fingerprint density at radius 3 is 2.67 bits per heavy atom. The van der Waals surface area contributed by atoms with Crippen molar-refractivity contribution in [3.63, 3.8) is 0 Å². The van der Waals surface area contributed by atoms with Crippen LogP contribution < -0.4 is 5.73 Å². The van der Waals surface area contributed by atoms with Gasteiger partial charge in [0.1, 0.15) is 0 Å². The van der Waals surface area contributed by atoms with E-state index in [0.717, 1.165) is 24.0 Å². The van der Waals surface area contributed by atoms with Crippen LogP contribution in [0.15, 0.2) is 28.7 Å². The quantitative estimate of drug-likeness (QED) is 0.841. The summed E-state index contributed by atoms with van der Waals surface area (Å²) in [5.41, 5.74) is 7.40. The van der Waals surface area contributed by atoms with Crippen molar-refractivity contribution in [3.8, 4) is 0 Å². The number of rotatable bonds is 7. The van der Waals surface area contributed by atoms with Crippen LogP contribution in [0, 0.1) is 0 Å². The SMILES string of the molecule is COCC(C)N(C)CCC(N)c1ccccc1Br. The van der Waals surface area contributed by atoms with Gasteiger partial charge in [-0.3, -0.25) is 0 Å². The summed E-state index contributed by atoms with van der Waals surface area (Å²) in [7, 11) is 3.84. The number of halogens is 1. The number of hydrogen-bond acceptors (Lipinski definition) is 3. The van der Waals surface area contributed by atoms with Crippen molar-refractivity contribution in [2.75, 3.05) is 27.3 Å². The van der Waals surface area contributed by atoms with Gasteiger partial charge in [0.2, 0.25) is 0 Å².